The number of hydrogen-bond acceptors (Lipinski definition) is 6. The molecule has 1 saturated carbocycles. The average Bonchev–Trinajstić information content (AvgIpc) is 3.37. The molecule has 3 aromatic rings. The molecule has 0 aliphatic heterocycles. The van der Waals surface area contributed by atoms with Crippen molar-refractivity contribution in [2.75, 3.05) is 0 Å². The highest BCUT2D eigenvalue weighted by Crippen LogP contribution is 2.35. The van der Waals surface area contributed by atoms with E-state index in [-0.39, 0.29) is 5.69 Å². The Morgan fingerprint density at radius 1 is 1.32 bits per heavy atom. The molecule has 1 aliphatic carbocycles. The van der Waals surface area contributed by atoms with Crippen LogP contribution >= 0.6 is 11.3 Å². The van der Waals surface area contributed by atoms with Crippen LogP contribution in [-0.2, 0) is 6.54 Å². The molecule has 0 spiro atoms. The van der Waals surface area contributed by atoms with Crippen molar-refractivity contribution in [2.24, 2.45) is 0 Å². The van der Waals surface area contributed by atoms with Crippen molar-refractivity contribution in [3.8, 4) is 11.4 Å². The standard InChI is InChI=1S/C17H17N5O2S/c23-22(24)15-7-3-6-13(8-15)16-18-11-21(20-16)9-14-10-25-17(19-14)12-4-1-2-5-12/h3,6-8,10-12H,1-2,4-5,9H2. The highest BCUT2D eigenvalue weighted by Gasteiger charge is 2.20. The first-order chi connectivity index (χ1) is 12.2. The van der Waals surface area contributed by atoms with Gasteiger partial charge in [-0.25, -0.2) is 14.6 Å². The number of rotatable bonds is 5. The van der Waals surface area contributed by atoms with Crippen LogP contribution in [0.1, 0.15) is 42.3 Å². The first-order valence-electron chi connectivity index (χ1n) is 8.27. The third-order valence-electron chi connectivity index (χ3n) is 4.45. The molecule has 0 amide bonds. The van der Waals surface area contributed by atoms with Crippen molar-refractivity contribution in [1.82, 2.24) is 19.7 Å². The molecule has 2 heterocycles. The number of hydrogen-bond donors (Lipinski definition) is 0. The molecular formula is C17H17N5O2S. The summed E-state index contributed by atoms with van der Waals surface area (Å²) in [7, 11) is 0. The van der Waals surface area contributed by atoms with Crippen molar-refractivity contribution in [1.29, 1.82) is 0 Å². The van der Waals surface area contributed by atoms with E-state index in [2.05, 4.69) is 15.5 Å². The fourth-order valence-electron chi connectivity index (χ4n) is 3.18. The number of benzene rings is 1. The van der Waals surface area contributed by atoms with Crippen LogP contribution in [0.15, 0.2) is 36.0 Å². The summed E-state index contributed by atoms with van der Waals surface area (Å²) in [5.74, 6) is 1.10. The number of nitrogens with zero attached hydrogens (tertiary/aromatic N) is 5. The Bertz CT molecular complexity index is 898. The van der Waals surface area contributed by atoms with Gasteiger partial charge in [0.15, 0.2) is 5.82 Å². The van der Waals surface area contributed by atoms with E-state index in [9.17, 15) is 10.1 Å². The SMILES string of the molecule is O=[N+]([O-])c1cccc(-c2ncn(Cc3csc(C4CCCC4)n3)n2)c1. The second kappa shape index (κ2) is 6.72. The summed E-state index contributed by atoms with van der Waals surface area (Å²) in [6.07, 6.45) is 6.73. The maximum Gasteiger partial charge on any atom is 0.270 e. The summed E-state index contributed by atoms with van der Waals surface area (Å²) in [5.41, 5.74) is 1.66. The zero-order valence-electron chi connectivity index (χ0n) is 13.5. The number of nitro groups is 1. The lowest BCUT2D eigenvalue weighted by molar-refractivity contribution is -0.384. The van der Waals surface area contributed by atoms with Gasteiger partial charge in [0, 0.05) is 29.0 Å². The van der Waals surface area contributed by atoms with Crippen molar-refractivity contribution in [3.05, 3.63) is 56.8 Å². The van der Waals surface area contributed by atoms with Crippen molar-refractivity contribution < 1.29 is 4.92 Å². The van der Waals surface area contributed by atoms with E-state index in [0.717, 1.165) is 5.69 Å². The molecule has 128 valence electrons. The van der Waals surface area contributed by atoms with E-state index in [1.54, 1.807) is 34.5 Å². The molecule has 25 heavy (non-hydrogen) atoms. The maximum atomic E-state index is 10.9. The van der Waals surface area contributed by atoms with Gasteiger partial charge >= 0.3 is 0 Å². The van der Waals surface area contributed by atoms with Crippen molar-refractivity contribution in [2.45, 2.75) is 38.1 Å². The van der Waals surface area contributed by atoms with Crippen LogP contribution in [0.2, 0.25) is 0 Å². The maximum absolute atomic E-state index is 10.9. The van der Waals surface area contributed by atoms with Crippen LogP contribution in [0.3, 0.4) is 0 Å². The van der Waals surface area contributed by atoms with E-state index in [1.165, 1.54) is 42.8 Å². The topological polar surface area (TPSA) is 86.7 Å². The van der Waals surface area contributed by atoms with Gasteiger partial charge in [-0.1, -0.05) is 25.0 Å². The van der Waals surface area contributed by atoms with E-state index in [4.69, 9.17) is 4.98 Å². The quantitative estimate of drug-likeness (QED) is 0.510. The molecule has 2 aromatic heterocycles. The summed E-state index contributed by atoms with van der Waals surface area (Å²) >= 11 is 1.73. The van der Waals surface area contributed by atoms with Gasteiger partial charge < -0.3 is 0 Å². The van der Waals surface area contributed by atoms with Crippen molar-refractivity contribution in [3.63, 3.8) is 0 Å². The smallest absolute Gasteiger partial charge is 0.258 e. The van der Waals surface area contributed by atoms with Crippen LogP contribution in [0, 0.1) is 10.1 Å². The molecule has 8 heteroatoms. The summed E-state index contributed by atoms with van der Waals surface area (Å²) in [6.45, 7) is 0.561. The molecule has 0 unspecified atom stereocenters. The minimum absolute atomic E-state index is 0.0366. The Hall–Kier alpha value is -2.61. The van der Waals surface area contributed by atoms with Crippen molar-refractivity contribution >= 4 is 17.0 Å². The van der Waals surface area contributed by atoms with E-state index >= 15 is 0 Å². The van der Waals surface area contributed by atoms with Gasteiger partial charge in [-0.3, -0.25) is 10.1 Å². The predicted molar refractivity (Wildman–Crippen MR) is 94.5 cm³/mol. The molecule has 0 atom stereocenters. The second-order valence-electron chi connectivity index (χ2n) is 6.23. The van der Waals surface area contributed by atoms with Gasteiger partial charge in [0.05, 0.1) is 22.2 Å². The molecule has 7 nitrogen and oxygen atoms in total. The van der Waals surface area contributed by atoms with E-state index < -0.39 is 4.92 Å². The van der Waals surface area contributed by atoms with Crippen LogP contribution < -0.4 is 0 Å². The van der Waals surface area contributed by atoms with Gasteiger partial charge in [-0.05, 0) is 12.8 Å². The average molecular weight is 355 g/mol. The second-order valence-corrected chi connectivity index (χ2v) is 7.12. The highest BCUT2D eigenvalue weighted by atomic mass is 32.1. The Kier molecular flexibility index (Phi) is 4.27. The van der Waals surface area contributed by atoms with Crippen LogP contribution in [0.4, 0.5) is 5.69 Å². The summed E-state index contributed by atoms with van der Waals surface area (Å²) in [5, 5.41) is 18.6. The van der Waals surface area contributed by atoms with Gasteiger partial charge in [0.25, 0.3) is 5.69 Å². The lowest BCUT2D eigenvalue weighted by Gasteiger charge is -2.02. The zero-order chi connectivity index (χ0) is 17.2. The fourth-order valence-corrected chi connectivity index (χ4v) is 4.17. The van der Waals surface area contributed by atoms with Gasteiger partial charge in [0.1, 0.15) is 6.33 Å². The molecule has 0 saturated heterocycles. The molecule has 1 aliphatic rings. The Labute approximate surface area is 148 Å². The number of non-ortho nitro benzene ring substituents is 1. The summed E-state index contributed by atoms with van der Waals surface area (Å²) < 4.78 is 1.72. The molecule has 1 aromatic carbocycles. The lowest BCUT2D eigenvalue weighted by Crippen LogP contribution is -2.01. The van der Waals surface area contributed by atoms with E-state index in [0.29, 0.717) is 23.9 Å². The minimum atomic E-state index is -0.416. The molecule has 0 N–H and O–H groups in total. The first-order valence-corrected chi connectivity index (χ1v) is 9.15. The van der Waals surface area contributed by atoms with Crippen LogP contribution in [0.5, 0.6) is 0 Å². The third-order valence-corrected chi connectivity index (χ3v) is 5.51. The predicted octanol–water partition coefficient (Wildman–Crippen LogP) is 4.02. The van der Waals surface area contributed by atoms with Gasteiger partial charge in [-0.15, -0.1) is 11.3 Å². The highest BCUT2D eigenvalue weighted by molar-refractivity contribution is 7.09. The molecule has 1 fully saturated rings. The largest absolute Gasteiger partial charge is 0.270 e. The number of nitro benzene ring substituents is 1. The molecule has 4 rings (SSSR count). The monoisotopic (exact) mass is 355 g/mol. The number of aromatic nitrogens is 4. The third kappa shape index (κ3) is 3.43. The fraction of sp³-hybridized carbons (Fsp3) is 0.353. The minimum Gasteiger partial charge on any atom is -0.258 e. The van der Waals surface area contributed by atoms with Gasteiger partial charge in [0.2, 0.25) is 0 Å². The normalized spacial score (nSPS) is 14.9. The molecule has 0 bridgehead atoms. The Balaban J connectivity index is 1.50. The molecule has 0 radical (unpaired) electrons. The molecular weight excluding hydrogens is 338 g/mol. The summed E-state index contributed by atoms with van der Waals surface area (Å²) in [4.78, 5) is 19.5. The van der Waals surface area contributed by atoms with Crippen LogP contribution in [0.25, 0.3) is 11.4 Å². The van der Waals surface area contributed by atoms with Crippen LogP contribution in [-0.4, -0.2) is 24.7 Å². The summed E-state index contributed by atoms with van der Waals surface area (Å²) in [6, 6.07) is 6.36. The first kappa shape index (κ1) is 15.9. The Morgan fingerprint density at radius 2 is 2.16 bits per heavy atom. The lowest BCUT2D eigenvalue weighted by atomic mass is 10.1. The van der Waals surface area contributed by atoms with Gasteiger partial charge in [-0.2, -0.15) is 5.10 Å². The number of thiazole rings is 1. The van der Waals surface area contributed by atoms with E-state index in [1.807, 2.05) is 0 Å². The zero-order valence-corrected chi connectivity index (χ0v) is 14.4. The Morgan fingerprint density at radius 3 is 2.96 bits per heavy atom.